The Morgan fingerprint density at radius 2 is 1.86 bits per heavy atom. The molecule has 1 atom stereocenters. The molecule has 14 heavy (non-hydrogen) atoms. The lowest BCUT2D eigenvalue weighted by atomic mass is 10.1. The van der Waals surface area contributed by atoms with Crippen molar-refractivity contribution in [3.63, 3.8) is 0 Å². The molecule has 0 aliphatic heterocycles. The second-order valence-electron chi connectivity index (χ2n) is 3.94. The summed E-state index contributed by atoms with van der Waals surface area (Å²) >= 11 is 0. The summed E-state index contributed by atoms with van der Waals surface area (Å²) < 4.78 is 12.0. The van der Waals surface area contributed by atoms with E-state index in [1.54, 1.807) is 0 Å². The van der Waals surface area contributed by atoms with Crippen LogP contribution in [0, 0.1) is 0 Å². The molecule has 78 valence electrons. The van der Waals surface area contributed by atoms with Gasteiger partial charge in [0.05, 0.1) is 7.14 Å². The number of hydrogen-bond donors (Lipinski definition) is 1. The van der Waals surface area contributed by atoms with Gasteiger partial charge in [-0.2, -0.15) is 0 Å². The molecule has 0 aliphatic rings. The van der Waals surface area contributed by atoms with Gasteiger partial charge in [0.1, 0.15) is 0 Å². The maximum Gasteiger partial charge on any atom is 0.0890 e. The highest BCUT2D eigenvalue weighted by Gasteiger charge is 2.23. The molecule has 3 heteroatoms. The summed E-state index contributed by atoms with van der Waals surface area (Å²) in [6.07, 6.45) is 0.800. The number of hydrogen-bond acceptors (Lipinski definition) is 2. The van der Waals surface area contributed by atoms with Crippen LogP contribution in [0.4, 0.5) is 0 Å². The Morgan fingerprint density at radius 3 is 2.29 bits per heavy atom. The van der Waals surface area contributed by atoms with Crippen molar-refractivity contribution >= 4 is 7.14 Å². The van der Waals surface area contributed by atoms with Crippen molar-refractivity contribution in [3.05, 3.63) is 35.9 Å². The fourth-order valence-electron chi connectivity index (χ4n) is 1.67. The van der Waals surface area contributed by atoms with E-state index in [0.29, 0.717) is 6.54 Å². The summed E-state index contributed by atoms with van der Waals surface area (Å²) in [6, 6.07) is 9.99. The van der Waals surface area contributed by atoms with Crippen LogP contribution in [0.25, 0.3) is 0 Å². The van der Waals surface area contributed by atoms with E-state index in [-0.39, 0.29) is 5.66 Å². The summed E-state index contributed by atoms with van der Waals surface area (Å²) in [5, 5.41) is 0. The Morgan fingerprint density at radius 1 is 1.29 bits per heavy atom. The molecule has 0 amide bonds. The fourth-order valence-corrected chi connectivity index (χ4v) is 3.33. The van der Waals surface area contributed by atoms with Crippen LogP contribution in [0.15, 0.2) is 30.3 Å². The Hall–Kier alpha value is -0.590. The molecule has 2 N–H and O–H groups in total. The minimum atomic E-state index is -2.09. The van der Waals surface area contributed by atoms with Crippen molar-refractivity contribution < 1.29 is 4.57 Å². The highest BCUT2D eigenvalue weighted by molar-refractivity contribution is 7.62. The van der Waals surface area contributed by atoms with Gasteiger partial charge in [0.2, 0.25) is 0 Å². The lowest BCUT2D eigenvalue weighted by molar-refractivity contribution is 0.569. The third kappa shape index (κ3) is 2.97. The summed E-state index contributed by atoms with van der Waals surface area (Å²) in [7, 11) is -2.09. The molecule has 1 rings (SSSR count). The lowest BCUT2D eigenvalue weighted by Gasteiger charge is -2.21. The van der Waals surface area contributed by atoms with Crippen molar-refractivity contribution in [2.75, 3.05) is 19.9 Å². The molecule has 0 saturated heterocycles. The van der Waals surface area contributed by atoms with Gasteiger partial charge >= 0.3 is 0 Å². The lowest BCUT2D eigenvalue weighted by Crippen LogP contribution is -2.07. The number of rotatable bonds is 4. The molecule has 1 unspecified atom stereocenters. The van der Waals surface area contributed by atoms with Crippen LogP contribution in [0.5, 0.6) is 0 Å². The van der Waals surface area contributed by atoms with Gasteiger partial charge in [-0.1, -0.05) is 30.3 Å². The van der Waals surface area contributed by atoms with Gasteiger partial charge in [0, 0.05) is 5.66 Å². The average Bonchev–Trinajstić information content (AvgIpc) is 2.14. The Kier molecular flexibility index (Phi) is 3.91. The Balaban J connectivity index is 2.95. The van der Waals surface area contributed by atoms with Crippen LogP contribution in [0.3, 0.4) is 0 Å². The van der Waals surface area contributed by atoms with E-state index >= 15 is 0 Å². The zero-order valence-electron chi connectivity index (χ0n) is 8.81. The van der Waals surface area contributed by atoms with Crippen molar-refractivity contribution in [2.24, 2.45) is 5.73 Å². The van der Waals surface area contributed by atoms with Crippen LogP contribution >= 0.6 is 7.14 Å². The van der Waals surface area contributed by atoms with Crippen molar-refractivity contribution in [1.29, 1.82) is 0 Å². The van der Waals surface area contributed by atoms with Gasteiger partial charge in [-0.3, -0.25) is 0 Å². The highest BCUT2D eigenvalue weighted by Crippen LogP contribution is 2.54. The minimum absolute atomic E-state index is 0.119. The van der Waals surface area contributed by atoms with Crippen molar-refractivity contribution in [3.8, 4) is 0 Å². The molecule has 0 fully saturated rings. The third-order valence-electron chi connectivity index (χ3n) is 2.38. The minimum Gasteiger partial charge on any atom is -0.330 e. The topological polar surface area (TPSA) is 43.1 Å². The first kappa shape index (κ1) is 11.5. The molecular formula is C11H18NOP. The van der Waals surface area contributed by atoms with E-state index in [1.807, 2.05) is 43.7 Å². The molecule has 0 aromatic heterocycles. The average molecular weight is 211 g/mol. The summed E-state index contributed by atoms with van der Waals surface area (Å²) in [5.74, 6) is 0. The van der Waals surface area contributed by atoms with E-state index in [1.165, 1.54) is 0 Å². The predicted octanol–water partition coefficient (Wildman–Crippen LogP) is 2.70. The van der Waals surface area contributed by atoms with E-state index in [4.69, 9.17) is 5.73 Å². The van der Waals surface area contributed by atoms with Crippen molar-refractivity contribution in [2.45, 2.75) is 12.1 Å². The summed E-state index contributed by atoms with van der Waals surface area (Å²) in [5.41, 5.74) is 6.81. The van der Waals surface area contributed by atoms with Gasteiger partial charge in [0.15, 0.2) is 0 Å². The second-order valence-corrected chi connectivity index (χ2v) is 7.43. The monoisotopic (exact) mass is 211 g/mol. The fraction of sp³-hybridized carbons (Fsp3) is 0.455. The van der Waals surface area contributed by atoms with Gasteiger partial charge < -0.3 is 10.3 Å². The summed E-state index contributed by atoms with van der Waals surface area (Å²) in [6.45, 7) is 4.26. The first-order valence-electron chi connectivity index (χ1n) is 4.85. The normalized spacial score (nSPS) is 13.9. The molecule has 2 nitrogen and oxygen atoms in total. The van der Waals surface area contributed by atoms with Gasteiger partial charge in [0.25, 0.3) is 0 Å². The van der Waals surface area contributed by atoms with Crippen LogP contribution in [0.1, 0.15) is 17.6 Å². The molecular weight excluding hydrogens is 193 g/mol. The zero-order valence-corrected chi connectivity index (χ0v) is 9.71. The maximum atomic E-state index is 12.0. The quantitative estimate of drug-likeness (QED) is 0.778. The van der Waals surface area contributed by atoms with Crippen molar-refractivity contribution in [1.82, 2.24) is 0 Å². The number of benzene rings is 1. The molecule has 1 aromatic carbocycles. The van der Waals surface area contributed by atoms with Gasteiger partial charge in [-0.15, -0.1) is 0 Å². The van der Waals surface area contributed by atoms with Crippen LogP contribution in [-0.4, -0.2) is 19.9 Å². The second kappa shape index (κ2) is 4.77. The SMILES string of the molecule is CP(C)(=O)C(CCN)c1ccccc1. The van der Waals surface area contributed by atoms with Crippen LogP contribution < -0.4 is 5.73 Å². The molecule has 0 aliphatic carbocycles. The van der Waals surface area contributed by atoms with E-state index in [2.05, 4.69) is 0 Å². The highest BCUT2D eigenvalue weighted by atomic mass is 31.2. The molecule has 0 heterocycles. The molecule has 0 spiro atoms. The van der Waals surface area contributed by atoms with Crippen LogP contribution in [-0.2, 0) is 4.57 Å². The standard InChI is InChI=1S/C11H18NOP/c1-14(2,13)11(8-9-12)10-6-4-3-5-7-10/h3-7,11H,8-9,12H2,1-2H3. The zero-order chi connectivity index (χ0) is 10.6. The Bertz CT molecular complexity index is 317. The molecule has 0 radical (unpaired) electrons. The van der Waals surface area contributed by atoms with E-state index < -0.39 is 7.14 Å². The molecule has 0 bridgehead atoms. The first-order chi connectivity index (χ1) is 6.55. The van der Waals surface area contributed by atoms with Gasteiger partial charge in [-0.25, -0.2) is 0 Å². The first-order valence-corrected chi connectivity index (χ1v) is 7.52. The molecule has 1 aromatic rings. The largest absolute Gasteiger partial charge is 0.330 e. The predicted molar refractivity (Wildman–Crippen MR) is 62.3 cm³/mol. The van der Waals surface area contributed by atoms with E-state index in [0.717, 1.165) is 12.0 Å². The number of nitrogens with two attached hydrogens (primary N) is 1. The Labute approximate surface area is 85.9 Å². The van der Waals surface area contributed by atoms with Gasteiger partial charge in [-0.05, 0) is 31.9 Å². The summed E-state index contributed by atoms with van der Waals surface area (Å²) in [4.78, 5) is 0. The van der Waals surface area contributed by atoms with Crippen LogP contribution in [0.2, 0.25) is 0 Å². The maximum absolute atomic E-state index is 12.0. The molecule has 0 saturated carbocycles. The van der Waals surface area contributed by atoms with E-state index in [9.17, 15) is 4.57 Å². The smallest absolute Gasteiger partial charge is 0.0890 e. The third-order valence-corrected chi connectivity index (χ3v) is 4.43.